The number of rotatable bonds is 6. The van der Waals surface area contributed by atoms with Gasteiger partial charge < -0.3 is 18.1 Å². The van der Waals surface area contributed by atoms with Gasteiger partial charge in [0.1, 0.15) is 0 Å². The Hall–Kier alpha value is -3.13. The molecule has 0 unspecified atom stereocenters. The molecule has 0 saturated heterocycles. The van der Waals surface area contributed by atoms with Crippen molar-refractivity contribution in [1.82, 2.24) is 14.8 Å². The topological polar surface area (TPSA) is 83.3 Å². The van der Waals surface area contributed by atoms with Crippen LogP contribution in [0.3, 0.4) is 0 Å². The fourth-order valence-electron chi connectivity index (χ4n) is 2.83. The highest BCUT2D eigenvalue weighted by Crippen LogP contribution is 2.21. The van der Waals surface area contributed by atoms with Crippen LogP contribution in [0.25, 0.3) is 11.7 Å². The molecule has 4 aromatic heterocycles. The molecule has 0 bridgehead atoms. The number of esters is 1. The van der Waals surface area contributed by atoms with Gasteiger partial charge in [-0.3, -0.25) is 0 Å². The Balaban J connectivity index is 1.44. The van der Waals surface area contributed by atoms with Crippen molar-refractivity contribution in [3.63, 3.8) is 0 Å². The van der Waals surface area contributed by atoms with Crippen molar-refractivity contribution in [2.45, 2.75) is 27.0 Å². The van der Waals surface area contributed by atoms with Gasteiger partial charge in [0.25, 0.3) is 11.8 Å². The van der Waals surface area contributed by atoms with Crippen LogP contribution in [-0.4, -0.2) is 20.7 Å². The number of aryl methyl sites for hydroxylation is 1. The van der Waals surface area contributed by atoms with Crippen LogP contribution >= 0.6 is 11.3 Å². The fourth-order valence-corrected chi connectivity index (χ4v) is 3.52. The molecule has 0 amide bonds. The summed E-state index contributed by atoms with van der Waals surface area (Å²) in [5.41, 5.74) is 2.41. The van der Waals surface area contributed by atoms with Crippen molar-refractivity contribution < 1.29 is 18.4 Å². The quantitative estimate of drug-likeness (QED) is 0.464. The van der Waals surface area contributed by atoms with Gasteiger partial charge in [0.2, 0.25) is 0 Å². The summed E-state index contributed by atoms with van der Waals surface area (Å²) in [5, 5.41) is 9.80. The number of carbonyl (C=O) groups excluding carboxylic acids is 1. The molecule has 7 nitrogen and oxygen atoms in total. The molecule has 0 radical (unpaired) electrons. The molecule has 0 aliphatic heterocycles. The molecule has 0 aromatic carbocycles. The van der Waals surface area contributed by atoms with Gasteiger partial charge in [-0.25, -0.2) is 4.79 Å². The zero-order chi connectivity index (χ0) is 18.8. The van der Waals surface area contributed by atoms with E-state index in [0.29, 0.717) is 11.3 Å². The van der Waals surface area contributed by atoms with Gasteiger partial charge in [-0.15, -0.1) is 21.5 Å². The van der Waals surface area contributed by atoms with E-state index in [1.165, 1.54) is 11.1 Å². The lowest BCUT2D eigenvalue weighted by Crippen LogP contribution is -2.08. The van der Waals surface area contributed by atoms with E-state index in [2.05, 4.69) is 20.8 Å². The largest absolute Gasteiger partial charge is 0.459 e. The van der Waals surface area contributed by atoms with E-state index in [-0.39, 0.29) is 18.4 Å². The monoisotopic (exact) mass is 383 g/mol. The minimum atomic E-state index is -0.418. The van der Waals surface area contributed by atoms with Crippen LogP contribution in [-0.2, 0) is 17.9 Å². The van der Waals surface area contributed by atoms with Crippen molar-refractivity contribution in [1.29, 1.82) is 0 Å². The molecule has 0 aliphatic rings. The predicted octanol–water partition coefficient (Wildman–Crippen LogP) is 4.21. The van der Waals surface area contributed by atoms with E-state index < -0.39 is 5.97 Å². The van der Waals surface area contributed by atoms with E-state index in [1.54, 1.807) is 23.5 Å². The van der Waals surface area contributed by atoms with Crippen LogP contribution in [0.4, 0.5) is 0 Å². The van der Waals surface area contributed by atoms with Crippen LogP contribution < -0.4 is 0 Å². The zero-order valence-corrected chi connectivity index (χ0v) is 15.7. The first-order valence-electron chi connectivity index (χ1n) is 8.34. The second-order valence-corrected chi connectivity index (χ2v) is 7.04. The highest BCUT2D eigenvalue weighted by molar-refractivity contribution is 7.09. The Morgan fingerprint density at radius 2 is 2.15 bits per heavy atom. The Morgan fingerprint density at radius 1 is 1.26 bits per heavy atom. The second kappa shape index (κ2) is 7.24. The minimum absolute atomic E-state index is 0.0961. The molecule has 0 fully saturated rings. The molecule has 4 aromatic rings. The van der Waals surface area contributed by atoms with Crippen LogP contribution in [0.5, 0.6) is 0 Å². The molecular weight excluding hydrogens is 366 g/mol. The Kier molecular flexibility index (Phi) is 4.64. The van der Waals surface area contributed by atoms with Gasteiger partial charge in [0.15, 0.2) is 12.4 Å². The van der Waals surface area contributed by atoms with E-state index in [1.807, 2.05) is 31.4 Å². The Morgan fingerprint density at radius 3 is 2.89 bits per heavy atom. The Bertz CT molecular complexity index is 1050. The van der Waals surface area contributed by atoms with Gasteiger partial charge in [-0.2, -0.15) is 0 Å². The lowest BCUT2D eigenvalue weighted by atomic mass is 10.2. The average molecular weight is 383 g/mol. The maximum absolute atomic E-state index is 12.5. The van der Waals surface area contributed by atoms with Crippen LogP contribution in [0.2, 0.25) is 0 Å². The van der Waals surface area contributed by atoms with Crippen LogP contribution in [0.1, 0.15) is 32.5 Å². The lowest BCUT2D eigenvalue weighted by Gasteiger charge is -2.08. The molecule has 8 heteroatoms. The summed E-state index contributed by atoms with van der Waals surface area (Å²) in [4.78, 5) is 13.7. The molecule has 0 atom stereocenters. The van der Waals surface area contributed by atoms with Crippen LogP contribution in [0.15, 0.2) is 50.8 Å². The standard InChI is InChI=1S/C19H17N3O4S/c1-12-9-15(13(2)22(12)10-14-5-4-8-27-14)19(23)25-11-17-20-21-18(26-17)16-6-3-7-24-16/h3-9H,10-11H2,1-2H3. The second-order valence-electron chi connectivity index (χ2n) is 6.00. The number of ether oxygens (including phenoxy) is 1. The third-order valence-electron chi connectivity index (χ3n) is 4.21. The number of thiophene rings is 1. The summed E-state index contributed by atoms with van der Waals surface area (Å²) < 4.78 is 18.1. The van der Waals surface area contributed by atoms with Crippen molar-refractivity contribution in [3.8, 4) is 11.7 Å². The number of furan rings is 1. The Labute approximate surface area is 159 Å². The van der Waals surface area contributed by atoms with Gasteiger partial charge in [-0.1, -0.05) is 6.07 Å². The molecule has 27 heavy (non-hydrogen) atoms. The first-order chi connectivity index (χ1) is 13.1. The molecule has 4 heterocycles. The zero-order valence-electron chi connectivity index (χ0n) is 14.8. The molecule has 0 aliphatic carbocycles. The molecule has 0 saturated carbocycles. The molecular formula is C19H17N3O4S. The summed E-state index contributed by atoms with van der Waals surface area (Å²) in [5.74, 6) is 0.512. The molecule has 138 valence electrons. The predicted molar refractivity (Wildman–Crippen MR) is 98.4 cm³/mol. The highest BCUT2D eigenvalue weighted by Gasteiger charge is 2.19. The third kappa shape index (κ3) is 3.56. The van der Waals surface area contributed by atoms with E-state index in [9.17, 15) is 4.79 Å². The summed E-state index contributed by atoms with van der Waals surface area (Å²) >= 11 is 1.69. The van der Waals surface area contributed by atoms with Crippen molar-refractivity contribution in [2.24, 2.45) is 0 Å². The molecule has 4 rings (SSSR count). The van der Waals surface area contributed by atoms with E-state index >= 15 is 0 Å². The summed E-state index contributed by atoms with van der Waals surface area (Å²) in [7, 11) is 0. The van der Waals surface area contributed by atoms with Gasteiger partial charge in [-0.05, 0) is 43.5 Å². The molecule has 0 N–H and O–H groups in total. The normalized spacial score (nSPS) is 11.0. The van der Waals surface area contributed by atoms with Crippen molar-refractivity contribution >= 4 is 17.3 Å². The summed E-state index contributed by atoms with van der Waals surface area (Å²) in [6, 6.07) is 9.38. The van der Waals surface area contributed by atoms with Crippen molar-refractivity contribution in [2.75, 3.05) is 0 Å². The number of aromatic nitrogens is 3. The third-order valence-corrected chi connectivity index (χ3v) is 5.07. The van der Waals surface area contributed by atoms with E-state index in [4.69, 9.17) is 13.6 Å². The summed E-state index contributed by atoms with van der Waals surface area (Å²) in [6.45, 7) is 4.53. The number of carbonyl (C=O) groups is 1. The first-order valence-corrected chi connectivity index (χ1v) is 9.22. The van der Waals surface area contributed by atoms with Gasteiger partial charge in [0.05, 0.1) is 18.4 Å². The first kappa shape index (κ1) is 17.3. The maximum Gasteiger partial charge on any atom is 0.340 e. The number of nitrogens with zero attached hydrogens (tertiary/aromatic N) is 3. The number of hydrogen-bond acceptors (Lipinski definition) is 7. The lowest BCUT2D eigenvalue weighted by molar-refractivity contribution is 0.0437. The smallest absolute Gasteiger partial charge is 0.340 e. The SMILES string of the molecule is Cc1cc(C(=O)OCc2nnc(-c3ccco3)o2)c(C)n1Cc1cccs1. The minimum Gasteiger partial charge on any atom is -0.459 e. The van der Waals surface area contributed by atoms with Gasteiger partial charge in [0, 0.05) is 16.3 Å². The number of hydrogen-bond donors (Lipinski definition) is 0. The highest BCUT2D eigenvalue weighted by atomic mass is 32.1. The summed E-state index contributed by atoms with van der Waals surface area (Å²) in [6.07, 6.45) is 1.52. The van der Waals surface area contributed by atoms with Crippen LogP contribution in [0, 0.1) is 13.8 Å². The fraction of sp³-hybridized carbons (Fsp3) is 0.211. The van der Waals surface area contributed by atoms with Gasteiger partial charge >= 0.3 is 5.97 Å². The average Bonchev–Trinajstić information content (AvgIpc) is 3.43. The van der Waals surface area contributed by atoms with Crippen molar-refractivity contribution in [3.05, 3.63) is 69.7 Å². The maximum atomic E-state index is 12.5. The molecule has 0 spiro atoms. The van der Waals surface area contributed by atoms with E-state index in [0.717, 1.165) is 17.9 Å².